The Kier molecular flexibility index (Phi) is 7.09. The Morgan fingerprint density at radius 3 is 2.46 bits per heavy atom. The number of hydrogen-bond donors (Lipinski definition) is 3. The van der Waals surface area contributed by atoms with Crippen molar-refractivity contribution in [2.75, 3.05) is 19.6 Å². The summed E-state index contributed by atoms with van der Waals surface area (Å²) in [4.78, 5) is 16.4. The van der Waals surface area contributed by atoms with Crippen molar-refractivity contribution in [3.63, 3.8) is 0 Å². The number of aliphatic imine (C=N–C) groups is 1. The van der Waals surface area contributed by atoms with E-state index >= 15 is 0 Å². The zero-order chi connectivity index (χ0) is 17.3. The maximum atomic E-state index is 12.0. The van der Waals surface area contributed by atoms with Gasteiger partial charge in [-0.25, -0.2) is 4.99 Å². The number of carbonyl (C=O) groups excluding carboxylic acids is 1. The van der Waals surface area contributed by atoms with Gasteiger partial charge in [0.15, 0.2) is 5.96 Å². The first-order valence-corrected chi connectivity index (χ1v) is 9.00. The molecule has 0 heterocycles. The van der Waals surface area contributed by atoms with E-state index in [1.807, 2.05) is 37.3 Å². The van der Waals surface area contributed by atoms with Crippen LogP contribution in [0.15, 0.2) is 35.3 Å². The fraction of sp³-hybridized carbons (Fsp3) is 0.579. The lowest BCUT2D eigenvalue weighted by molar-refractivity contribution is -0.119. The third-order valence-corrected chi connectivity index (χ3v) is 4.85. The van der Waals surface area contributed by atoms with E-state index in [-0.39, 0.29) is 12.5 Å². The average Bonchev–Trinajstić information content (AvgIpc) is 2.58. The molecule has 1 aromatic carbocycles. The van der Waals surface area contributed by atoms with Crippen LogP contribution in [0.25, 0.3) is 0 Å². The van der Waals surface area contributed by atoms with Gasteiger partial charge in [-0.15, -0.1) is 0 Å². The zero-order valence-corrected chi connectivity index (χ0v) is 14.9. The molecule has 0 atom stereocenters. The average molecular weight is 330 g/mol. The maximum Gasteiger partial charge on any atom is 0.242 e. The molecule has 2 rings (SSSR count). The predicted octanol–water partition coefficient (Wildman–Crippen LogP) is 2.44. The van der Waals surface area contributed by atoms with Crippen LogP contribution in [0.1, 0.15) is 45.1 Å². The number of amides is 1. The van der Waals surface area contributed by atoms with E-state index in [4.69, 9.17) is 0 Å². The number of nitrogens with one attached hydrogen (secondary N) is 3. The summed E-state index contributed by atoms with van der Waals surface area (Å²) in [6.45, 7) is 6.69. The fourth-order valence-corrected chi connectivity index (χ4v) is 2.95. The molecule has 0 aromatic heterocycles. The first-order chi connectivity index (χ1) is 11.7. The molecule has 1 aromatic rings. The van der Waals surface area contributed by atoms with E-state index < -0.39 is 0 Å². The predicted molar refractivity (Wildman–Crippen MR) is 98.8 cm³/mol. The molecule has 0 bridgehead atoms. The van der Waals surface area contributed by atoms with Crippen LogP contribution in [0, 0.1) is 5.41 Å². The van der Waals surface area contributed by atoms with E-state index in [0.29, 0.717) is 12.0 Å². The smallest absolute Gasteiger partial charge is 0.242 e. The first-order valence-electron chi connectivity index (χ1n) is 9.00. The molecular formula is C19H30N4O. The van der Waals surface area contributed by atoms with Gasteiger partial charge in [-0.1, -0.05) is 43.7 Å². The maximum absolute atomic E-state index is 12.0. The van der Waals surface area contributed by atoms with E-state index in [2.05, 4.69) is 27.9 Å². The van der Waals surface area contributed by atoms with E-state index in [1.54, 1.807) is 0 Å². The second kappa shape index (κ2) is 9.30. The SMILES string of the molecule is CCNC(=NCC(=O)NCc1ccccc1)NCC1(CC)CCC1. The summed E-state index contributed by atoms with van der Waals surface area (Å²) in [5, 5.41) is 9.52. The monoisotopic (exact) mass is 330 g/mol. The zero-order valence-electron chi connectivity index (χ0n) is 14.9. The van der Waals surface area contributed by atoms with Crippen molar-refractivity contribution in [2.24, 2.45) is 10.4 Å². The molecule has 1 amide bonds. The van der Waals surface area contributed by atoms with Crippen molar-refractivity contribution in [1.82, 2.24) is 16.0 Å². The van der Waals surface area contributed by atoms with Crippen molar-refractivity contribution in [1.29, 1.82) is 0 Å². The Hall–Kier alpha value is -2.04. The summed E-state index contributed by atoms with van der Waals surface area (Å²) in [5.74, 6) is 0.664. The highest BCUT2D eigenvalue weighted by Gasteiger charge is 2.34. The fourth-order valence-electron chi connectivity index (χ4n) is 2.95. The number of hydrogen-bond acceptors (Lipinski definition) is 2. The second-order valence-corrected chi connectivity index (χ2v) is 6.52. The highest BCUT2D eigenvalue weighted by atomic mass is 16.1. The van der Waals surface area contributed by atoms with Crippen molar-refractivity contribution in [3.05, 3.63) is 35.9 Å². The summed E-state index contributed by atoms with van der Waals surface area (Å²) in [7, 11) is 0. The second-order valence-electron chi connectivity index (χ2n) is 6.52. The van der Waals surface area contributed by atoms with Crippen LogP contribution < -0.4 is 16.0 Å². The van der Waals surface area contributed by atoms with Crippen molar-refractivity contribution < 1.29 is 4.79 Å². The van der Waals surface area contributed by atoms with Gasteiger partial charge < -0.3 is 16.0 Å². The van der Waals surface area contributed by atoms with Gasteiger partial charge in [0.05, 0.1) is 0 Å². The third kappa shape index (κ3) is 5.55. The van der Waals surface area contributed by atoms with Crippen molar-refractivity contribution in [3.8, 4) is 0 Å². The lowest BCUT2D eigenvalue weighted by Gasteiger charge is -2.41. The molecule has 0 saturated heterocycles. The lowest BCUT2D eigenvalue weighted by atomic mass is 9.67. The molecular weight excluding hydrogens is 300 g/mol. The minimum Gasteiger partial charge on any atom is -0.357 e. The normalized spacial score (nSPS) is 16.2. The Labute approximate surface area is 145 Å². The molecule has 0 aliphatic heterocycles. The molecule has 132 valence electrons. The van der Waals surface area contributed by atoms with Crippen molar-refractivity contribution >= 4 is 11.9 Å². The quantitative estimate of drug-likeness (QED) is 0.507. The lowest BCUT2D eigenvalue weighted by Crippen LogP contribution is -2.46. The van der Waals surface area contributed by atoms with Gasteiger partial charge >= 0.3 is 0 Å². The van der Waals surface area contributed by atoms with Crippen LogP contribution in [0.3, 0.4) is 0 Å². The molecule has 0 unspecified atom stereocenters. The minimum absolute atomic E-state index is 0.0649. The number of nitrogens with zero attached hydrogens (tertiary/aromatic N) is 1. The molecule has 5 nitrogen and oxygen atoms in total. The van der Waals surface area contributed by atoms with E-state index in [0.717, 1.165) is 24.6 Å². The molecule has 1 saturated carbocycles. The van der Waals surface area contributed by atoms with Crippen LogP contribution in [0.2, 0.25) is 0 Å². The van der Waals surface area contributed by atoms with Crippen LogP contribution >= 0.6 is 0 Å². The van der Waals surface area contributed by atoms with E-state index in [9.17, 15) is 4.79 Å². The number of benzene rings is 1. The number of guanidine groups is 1. The van der Waals surface area contributed by atoms with E-state index in [1.165, 1.54) is 25.7 Å². The van der Waals surface area contributed by atoms with Gasteiger partial charge in [-0.3, -0.25) is 4.79 Å². The van der Waals surface area contributed by atoms with Crippen LogP contribution in [-0.2, 0) is 11.3 Å². The Balaban J connectivity index is 1.77. The van der Waals surface area contributed by atoms with Gasteiger partial charge in [-0.05, 0) is 37.2 Å². The van der Waals surface area contributed by atoms with Gasteiger partial charge in [0.2, 0.25) is 5.91 Å². The number of carbonyl (C=O) groups is 1. The Bertz CT molecular complexity index is 532. The highest BCUT2D eigenvalue weighted by Crippen LogP contribution is 2.42. The molecule has 5 heteroatoms. The molecule has 24 heavy (non-hydrogen) atoms. The van der Waals surface area contributed by atoms with Crippen LogP contribution in [0.4, 0.5) is 0 Å². The Morgan fingerprint density at radius 1 is 1.12 bits per heavy atom. The molecule has 0 spiro atoms. The molecule has 1 aliphatic rings. The van der Waals surface area contributed by atoms with Gasteiger partial charge in [0.1, 0.15) is 6.54 Å². The summed E-state index contributed by atoms with van der Waals surface area (Å²) < 4.78 is 0. The molecule has 1 aliphatic carbocycles. The van der Waals surface area contributed by atoms with Crippen LogP contribution in [0.5, 0.6) is 0 Å². The summed E-state index contributed by atoms with van der Waals surface area (Å²) >= 11 is 0. The van der Waals surface area contributed by atoms with Gasteiger partial charge in [-0.2, -0.15) is 0 Å². The molecule has 0 radical (unpaired) electrons. The first kappa shape index (κ1) is 18.3. The summed E-state index contributed by atoms with van der Waals surface area (Å²) in [6.07, 6.45) is 5.09. The summed E-state index contributed by atoms with van der Waals surface area (Å²) in [5.41, 5.74) is 1.51. The Morgan fingerprint density at radius 2 is 1.88 bits per heavy atom. The molecule has 3 N–H and O–H groups in total. The largest absolute Gasteiger partial charge is 0.357 e. The number of rotatable bonds is 8. The standard InChI is InChI=1S/C19H30N4O/c1-3-19(11-8-12-19)15-23-18(20-4-2)22-14-17(24)21-13-16-9-6-5-7-10-16/h5-7,9-10H,3-4,8,11-15H2,1-2H3,(H,21,24)(H2,20,22,23). The van der Waals surface area contributed by atoms with Gasteiger partial charge in [0, 0.05) is 19.6 Å². The third-order valence-electron chi connectivity index (χ3n) is 4.85. The van der Waals surface area contributed by atoms with Crippen molar-refractivity contribution in [2.45, 2.75) is 46.1 Å². The van der Waals surface area contributed by atoms with Gasteiger partial charge in [0.25, 0.3) is 0 Å². The minimum atomic E-state index is -0.0649. The molecule has 1 fully saturated rings. The summed E-state index contributed by atoms with van der Waals surface area (Å²) in [6, 6.07) is 9.90. The topological polar surface area (TPSA) is 65.5 Å². The van der Waals surface area contributed by atoms with Crippen LogP contribution in [-0.4, -0.2) is 31.5 Å². The highest BCUT2D eigenvalue weighted by molar-refractivity contribution is 5.84.